The van der Waals surface area contributed by atoms with Crippen LogP contribution in [0.5, 0.6) is 5.75 Å². The molecular weight excluding hydrogens is 193 g/mol. The van der Waals surface area contributed by atoms with E-state index < -0.39 is 7.12 Å². The first-order chi connectivity index (χ1) is 7.15. The molecule has 0 spiro atoms. The Morgan fingerprint density at radius 3 is 2.73 bits per heavy atom. The molecule has 1 aromatic carbocycles. The Labute approximate surface area is 89.8 Å². The van der Waals surface area contributed by atoms with Crippen molar-refractivity contribution in [1.29, 1.82) is 0 Å². The first kappa shape index (κ1) is 11.9. The molecule has 82 valence electrons. The molecule has 4 N–H and O–H groups in total. The lowest BCUT2D eigenvalue weighted by molar-refractivity contribution is 0.309. The summed E-state index contributed by atoms with van der Waals surface area (Å²) in [6.45, 7) is 2.70. The van der Waals surface area contributed by atoms with E-state index in [1.165, 1.54) is 0 Å². The van der Waals surface area contributed by atoms with Gasteiger partial charge in [-0.25, -0.2) is 0 Å². The van der Waals surface area contributed by atoms with E-state index in [0.29, 0.717) is 18.0 Å². The fraction of sp³-hybridized carbons (Fsp3) is 0.400. The fourth-order valence-electron chi connectivity index (χ4n) is 1.20. The van der Waals surface area contributed by atoms with Gasteiger partial charge >= 0.3 is 7.12 Å². The molecule has 0 saturated heterocycles. The number of hydrogen-bond donors (Lipinski definition) is 3. The second kappa shape index (κ2) is 5.63. The molecule has 0 heterocycles. The second-order valence-corrected chi connectivity index (χ2v) is 3.37. The van der Waals surface area contributed by atoms with Crippen LogP contribution in [0.1, 0.15) is 19.8 Å². The summed E-state index contributed by atoms with van der Waals surface area (Å²) in [5.74, 6) is 0.612. The van der Waals surface area contributed by atoms with E-state index in [4.69, 9.17) is 20.5 Å². The molecule has 5 heteroatoms. The number of benzene rings is 1. The Hall–Kier alpha value is -1.20. The Kier molecular flexibility index (Phi) is 4.46. The summed E-state index contributed by atoms with van der Waals surface area (Å²) < 4.78 is 5.41. The Bertz CT molecular complexity index is 318. The summed E-state index contributed by atoms with van der Waals surface area (Å²) in [4.78, 5) is 0. The highest BCUT2D eigenvalue weighted by Crippen LogP contribution is 2.12. The average molecular weight is 209 g/mol. The molecule has 15 heavy (non-hydrogen) atoms. The van der Waals surface area contributed by atoms with Gasteiger partial charge in [-0.1, -0.05) is 13.3 Å². The number of rotatable bonds is 5. The SMILES string of the molecule is CCCCOc1ccc(N)c(B(O)O)c1. The molecule has 4 nitrogen and oxygen atoms in total. The molecule has 0 fully saturated rings. The molecule has 1 aromatic rings. The molecule has 1 rings (SSSR count). The van der Waals surface area contributed by atoms with Gasteiger partial charge in [-0.05, 0) is 24.6 Å². The third-order valence-electron chi connectivity index (χ3n) is 2.10. The number of nitrogen functional groups attached to an aromatic ring is 1. The molecule has 0 radical (unpaired) electrons. The standard InChI is InChI=1S/C10H16BNO3/c1-2-3-6-15-8-4-5-10(12)9(7-8)11(13)14/h4-5,7,13-14H,2-3,6,12H2,1H3. The first-order valence-corrected chi connectivity index (χ1v) is 5.03. The van der Waals surface area contributed by atoms with Crippen molar-refractivity contribution in [2.75, 3.05) is 12.3 Å². The van der Waals surface area contributed by atoms with Crippen molar-refractivity contribution in [2.24, 2.45) is 0 Å². The van der Waals surface area contributed by atoms with Crippen LogP contribution in [-0.4, -0.2) is 23.8 Å². The molecule has 0 aromatic heterocycles. The molecule has 0 aliphatic rings. The second-order valence-electron chi connectivity index (χ2n) is 3.37. The van der Waals surface area contributed by atoms with Gasteiger partial charge in [-0.2, -0.15) is 0 Å². The molecule has 0 saturated carbocycles. The van der Waals surface area contributed by atoms with Crippen LogP contribution >= 0.6 is 0 Å². The summed E-state index contributed by atoms with van der Waals surface area (Å²) in [7, 11) is -1.56. The summed E-state index contributed by atoms with van der Waals surface area (Å²) in [6, 6.07) is 4.88. The van der Waals surface area contributed by atoms with E-state index >= 15 is 0 Å². The van der Waals surface area contributed by atoms with E-state index in [9.17, 15) is 0 Å². The van der Waals surface area contributed by atoms with Gasteiger partial charge in [0, 0.05) is 11.2 Å². The zero-order valence-electron chi connectivity index (χ0n) is 8.81. The van der Waals surface area contributed by atoms with Crippen LogP contribution in [0.3, 0.4) is 0 Å². The predicted octanol–water partition coefficient (Wildman–Crippen LogP) is 0.127. The minimum atomic E-state index is -1.56. The smallest absolute Gasteiger partial charge is 0.490 e. The van der Waals surface area contributed by atoms with Gasteiger partial charge in [0.1, 0.15) is 5.75 Å². The lowest BCUT2D eigenvalue weighted by Crippen LogP contribution is -2.32. The van der Waals surface area contributed by atoms with Crippen LogP contribution in [0, 0.1) is 0 Å². The van der Waals surface area contributed by atoms with Gasteiger partial charge in [0.15, 0.2) is 0 Å². The van der Waals surface area contributed by atoms with Crippen molar-refractivity contribution < 1.29 is 14.8 Å². The van der Waals surface area contributed by atoms with Crippen LogP contribution in [0.25, 0.3) is 0 Å². The van der Waals surface area contributed by atoms with Gasteiger partial charge in [0.05, 0.1) is 6.61 Å². The molecule has 0 amide bonds. The fourth-order valence-corrected chi connectivity index (χ4v) is 1.20. The van der Waals surface area contributed by atoms with Gasteiger partial charge < -0.3 is 20.5 Å². The normalized spacial score (nSPS) is 10.1. The molecule has 0 aliphatic heterocycles. The highest BCUT2D eigenvalue weighted by molar-refractivity contribution is 6.60. The maximum atomic E-state index is 9.02. The van der Waals surface area contributed by atoms with E-state index in [-0.39, 0.29) is 5.46 Å². The van der Waals surface area contributed by atoms with E-state index in [2.05, 4.69) is 6.92 Å². The average Bonchev–Trinajstić information content (AvgIpc) is 2.20. The number of ether oxygens (including phenoxy) is 1. The van der Waals surface area contributed by atoms with E-state index in [1.54, 1.807) is 18.2 Å². The van der Waals surface area contributed by atoms with Crippen molar-refractivity contribution in [1.82, 2.24) is 0 Å². The van der Waals surface area contributed by atoms with Gasteiger partial charge in [-0.3, -0.25) is 0 Å². The van der Waals surface area contributed by atoms with Gasteiger partial charge in [0.2, 0.25) is 0 Å². The van der Waals surface area contributed by atoms with Gasteiger partial charge in [-0.15, -0.1) is 0 Å². The predicted molar refractivity (Wildman–Crippen MR) is 61.1 cm³/mol. The highest BCUT2D eigenvalue weighted by atomic mass is 16.5. The van der Waals surface area contributed by atoms with Crippen molar-refractivity contribution in [3.05, 3.63) is 18.2 Å². The summed E-state index contributed by atoms with van der Waals surface area (Å²) in [5.41, 5.74) is 6.21. The van der Waals surface area contributed by atoms with Crippen LogP contribution in [0.15, 0.2) is 18.2 Å². The monoisotopic (exact) mass is 209 g/mol. The van der Waals surface area contributed by atoms with Crippen LogP contribution in [-0.2, 0) is 0 Å². The zero-order valence-corrected chi connectivity index (χ0v) is 8.81. The minimum Gasteiger partial charge on any atom is -0.494 e. The molecular formula is C10H16BNO3. The minimum absolute atomic E-state index is 0.281. The number of unbranched alkanes of at least 4 members (excludes halogenated alkanes) is 1. The number of hydrogen-bond acceptors (Lipinski definition) is 4. The summed E-state index contributed by atoms with van der Waals surface area (Å²) >= 11 is 0. The zero-order chi connectivity index (χ0) is 11.3. The topological polar surface area (TPSA) is 75.7 Å². The molecule has 0 aliphatic carbocycles. The first-order valence-electron chi connectivity index (χ1n) is 5.03. The number of anilines is 1. The number of nitrogens with two attached hydrogens (primary N) is 1. The van der Waals surface area contributed by atoms with Crippen molar-refractivity contribution in [3.63, 3.8) is 0 Å². The van der Waals surface area contributed by atoms with Crippen LogP contribution < -0.4 is 15.9 Å². The van der Waals surface area contributed by atoms with E-state index in [0.717, 1.165) is 12.8 Å². The maximum Gasteiger partial charge on any atom is 0.490 e. The highest BCUT2D eigenvalue weighted by Gasteiger charge is 2.15. The molecule has 0 unspecified atom stereocenters. The van der Waals surface area contributed by atoms with Gasteiger partial charge in [0.25, 0.3) is 0 Å². The van der Waals surface area contributed by atoms with Crippen LogP contribution in [0.2, 0.25) is 0 Å². The van der Waals surface area contributed by atoms with Crippen molar-refractivity contribution >= 4 is 18.3 Å². The third kappa shape index (κ3) is 3.45. The largest absolute Gasteiger partial charge is 0.494 e. The Balaban J connectivity index is 2.70. The summed E-state index contributed by atoms with van der Waals surface area (Å²) in [6.07, 6.45) is 2.03. The maximum absolute atomic E-state index is 9.02. The van der Waals surface area contributed by atoms with Crippen LogP contribution in [0.4, 0.5) is 5.69 Å². The summed E-state index contributed by atoms with van der Waals surface area (Å²) in [5, 5.41) is 18.0. The Morgan fingerprint density at radius 1 is 1.40 bits per heavy atom. The molecule has 0 bridgehead atoms. The lowest BCUT2D eigenvalue weighted by Gasteiger charge is -2.09. The lowest BCUT2D eigenvalue weighted by atomic mass is 9.79. The Morgan fingerprint density at radius 2 is 2.13 bits per heavy atom. The van der Waals surface area contributed by atoms with E-state index in [1.807, 2.05) is 0 Å². The van der Waals surface area contributed by atoms with Crippen molar-refractivity contribution in [2.45, 2.75) is 19.8 Å². The quantitative estimate of drug-likeness (QED) is 0.366. The molecule has 0 atom stereocenters. The third-order valence-corrected chi connectivity index (χ3v) is 2.10. The van der Waals surface area contributed by atoms with Crippen molar-refractivity contribution in [3.8, 4) is 5.75 Å².